The quantitative estimate of drug-likeness (QED) is 0.874. The number of halogens is 2. The van der Waals surface area contributed by atoms with Gasteiger partial charge >= 0.3 is 0 Å². The molecule has 0 aliphatic carbocycles. The first kappa shape index (κ1) is 10.6. The van der Waals surface area contributed by atoms with Gasteiger partial charge in [0.15, 0.2) is 5.82 Å². The summed E-state index contributed by atoms with van der Waals surface area (Å²) in [6, 6.07) is 1.91. The molecule has 0 fully saturated rings. The van der Waals surface area contributed by atoms with Crippen molar-refractivity contribution in [1.29, 1.82) is 0 Å². The van der Waals surface area contributed by atoms with Gasteiger partial charge in [0.1, 0.15) is 0 Å². The lowest BCUT2D eigenvalue weighted by Gasteiger charge is -2.07. The maximum absolute atomic E-state index is 5.85. The van der Waals surface area contributed by atoms with Crippen molar-refractivity contribution in [3.8, 4) is 5.82 Å². The second-order valence-electron chi connectivity index (χ2n) is 3.06. The number of nitrogens with zero attached hydrogens (tertiary/aromatic N) is 3. The Labute approximate surface area is 104 Å². The Morgan fingerprint density at radius 1 is 1.40 bits per heavy atom. The summed E-state index contributed by atoms with van der Waals surface area (Å²) in [5.41, 5.74) is 7.41. The lowest BCUT2D eigenvalue weighted by molar-refractivity contribution is 0.827. The molecule has 15 heavy (non-hydrogen) atoms. The van der Waals surface area contributed by atoms with Gasteiger partial charge in [-0.15, -0.1) is 0 Å². The minimum Gasteiger partial charge on any atom is -0.397 e. The van der Waals surface area contributed by atoms with Crippen LogP contribution in [-0.2, 0) is 0 Å². The van der Waals surface area contributed by atoms with Gasteiger partial charge in [0.25, 0.3) is 0 Å². The molecule has 6 heteroatoms. The van der Waals surface area contributed by atoms with Crippen molar-refractivity contribution < 1.29 is 0 Å². The van der Waals surface area contributed by atoms with Crippen LogP contribution in [0.5, 0.6) is 0 Å². The molecule has 0 saturated carbocycles. The van der Waals surface area contributed by atoms with Gasteiger partial charge in [-0.1, -0.05) is 0 Å². The monoisotopic (exact) mass is 330 g/mol. The summed E-state index contributed by atoms with van der Waals surface area (Å²) >= 11 is 6.71. The van der Waals surface area contributed by atoms with Crippen LogP contribution in [0.2, 0.25) is 0 Å². The van der Waals surface area contributed by atoms with Gasteiger partial charge in [-0.25, -0.2) is 9.67 Å². The van der Waals surface area contributed by atoms with Gasteiger partial charge in [0.2, 0.25) is 0 Å². The molecule has 4 nitrogen and oxygen atoms in total. The molecule has 0 amide bonds. The van der Waals surface area contributed by atoms with Gasteiger partial charge in [0.05, 0.1) is 20.3 Å². The first-order valence-corrected chi connectivity index (χ1v) is 5.80. The molecule has 0 aromatic carbocycles. The highest BCUT2D eigenvalue weighted by atomic mass is 79.9. The average molecular weight is 332 g/mol. The fourth-order valence-electron chi connectivity index (χ4n) is 1.16. The highest BCUT2D eigenvalue weighted by Crippen LogP contribution is 2.31. The topological polar surface area (TPSA) is 56.7 Å². The molecule has 0 spiro atoms. The smallest absolute Gasteiger partial charge is 0.169 e. The van der Waals surface area contributed by atoms with Gasteiger partial charge in [0, 0.05) is 12.4 Å². The Morgan fingerprint density at radius 3 is 2.73 bits per heavy atom. The first-order chi connectivity index (χ1) is 7.09. The maximum atomic E-state index is 5.85. The summed E-state index contributed by atoms with van der Waals surface area (Å²) in [6.07, 6.45) is 3.50. The van der Waals surface area contributed by atoms with Crippen LogP contribution in [0.15, 0.2) is 27.4 Å². The van der Waals surface area contributed by atoms with Crippen LogP contribution in [0.3, 0.4) is 0 Å². The summed E-state index contributed by atoms with van der Waals surface area (Å²) in [6.45, 7) is 1.92. The zero-order chi connectivity index (χ0) is 11.0. The molecule has 0 atom stereocenters. The van der Waals surface area contributed by atoms with Crippen molar-refractivity contribution in [1.82, 2.24) is 14.8 Å². The Morgan fingerprint density at radius 2 is 2.13 bits per heavy atom. The average Bonchev–Trinajstić information content (AvgIpc) is 2.61. The first-order valence-electron chi connectivity index (χ1n) is 4.21. The van der Waals surface area contributed by atoms with Gasteiger partial charge in [-0.05, 0) is 44.8 Å². The van der Waals surface area contributed by atoms with Gasteiger partial charge < -0.3 is 5.73 Å². The van der Waals surface area contributed by atoms with Crippen molar-refractivity contribution in [3.63, 3.8) is 0 Å². The zero-order valence-corrected chi connectivity index (χ0v) is 11.1. The molecule has 2 rings (SSSR count). The molecule has 0 bridgehead atoms. The number of nitrogen functional groups attached to an aromatic ring is 1. The lowest BCUT2D eigenvalue weighted by Crippen LogP contribution is -2.02. The van der Waals surface area contributed by atoms with E-state index >= 15 is 0 Å². The summed E-state index contributed by atoms with van der Waals surface area (Å²) < 4.78 is 3.18. The van der Waals surface area contributed by atoms with E-state index in [0.29, 0.717) is 11.5 Å². The highest BCUT2D eigenvalue weighted by molar-refractivity contribution is 9.11. The van der Waals surface area contributed by atoms with Gasteiger partial charge in [-0.2, -0.15) is 5.10 Å². The molecule has 0 aliphatic rings. The van der Waals surface area contributed by atoms with Gasteiger partial charge in [-0.3, -0.25) is 0 Å². The normalized spacial score (nSPS) is 10.6. The van der Waals surface area contributed by atoms with E-state index in [1.165, 1.54) is 0 Å². The summed E-state index contributed by atoms with van der Waals surface area (Å²) in [5, 5.41) is 4.27. The Kier molecular flexibility index (Phi) is 2.79. The van der Waals surface area contributed by atoms with Crippen molar-refractivity contribution in [2.75, 3.05) is 5.73 Å². The molecule has 0 saturated heterocycles. The minimum absolute atomic E-state index is 0.619. The Bertz CT molecular complexity index is 507. The standard InChI is InChI=1S/C9H8Br2N4/c1-5-2-3-15(14-5)9-7(11)8(12)6(10)4-13-9/h2-4H,1H3,(H2,12,13). The SMILES string of the molecule is Cc1ccn(-c2ncc(Br)c(N)c2Br)n1. The van der Waals surface area contributed by atoms with E-state index in [1.54, 1.807) is 10.9 Å². The molecule has 0 aliphatic heterocycles. The van der Waals surface area contributed by atoms with Crippen molar-refractivity contribution >= 4 is 37.5 Å². The third-order valence-corrected chi connectivity index (χ3v) is 3.34. The maximum Gasteiger partial charge on any atom is 0.169 e. The molecule has 78 valence electrons. The lowest BCUT2D eigenvalue weighted by atomic mass is 10.4. The second kappa shape index (κ2) is 3.94. The number of nitrogens with two attached hydrogens (primary N) is 1. The van der Waals surface area contributed by atoms with E-state index in [9.17, 15) is 0 Å². The van der Waals surface area contributed by atoms with E-state index in [4.69, 9.17) is 5.73 Å². The number of pyridine rings is 1. The number of aryl methyl sites for hydroxylation is 1. The third-order valence-electron chi connectivity index (χ3n) is 1.93. The fraction of sp³-hybridized carbons (Fsp3) is 0.111. The number of hydrogen-bond acceptors (Lipinski definition) is 3. The van der Waals surface area contributed by atoms with Crippen LogP contribution >= 0.6 is 31.9 Å². The highest BCUT2D eigenvalue weighted by Gasteiger charge is 2.10. The van der Waals surface area contributed by atoms with Crippen molar-refractivity contribution in [2.24, 2.45) is 0 Å². The van der Waals surface area contributed by atoms with Crippen LogP contribution in [-0.4, -0.2) is 14.8 Å². The minimum atomic E-state index is 0.619. The number of hydrogen-bond donors (Lipinski definition) is 1. The van der Waals surface area contributed by atoms with Crippen LogP contribution in [0.25, 0.3) is 5.82 Å². The molecule has 0 unspecified atom stereocenters. The molecule has 2 aromatic heterocycles. The van der Waals surface area contributed by atoms with Crippen molar-refractivity contribution in [2.45, 2.75) is 6.92 Å². The predicted molar refractivity (Wildman–Crippen MR) is 65.9 cm³/mol. The molecule has 2 aromatic rings. The Hall–Kier alpha value is -0.880. The summed E-state index contributed by atoms with van der Waals surface area (Å²) in [7, 11) is 0. The second-order valence-corrected chi connectivity index (χ2v) is 4.71. The fourth-order valence-corrected chi connectivity index (χ4v) is 2.23. The van der Waals surface area contributed by atoms with E-state index in [2.05, 4.69) is 41.9 Å². The van der Waals surface area contributed by atoms with Crippen LogP contribution < -0.4 is 5.73 Å². The molecule has 0 radical (unpaired) electrons. The van der Waals surface area contributed by atoms with Crippen LogP contribution in [0, 0.1) is 6.92 Å². The van der Waals surface area contributed by atoms with E-state index in [-0.39, 0.29) is 0 Å². The third kappa shape index (κ3) is 1.91. The Balaban J connectivity index is 2.59. The van der Waals surface area contributed by atoms with E-state index < -0.39 is 0 Å². The molecular formula is C9H8Br2N4. The largest absolute Gasteiger partial charge is 0.397 e. The molecular weight excluding hydrogens is 324 g/mol. The molecule has 2 heterocycles. The van der Waals surface area contributed by atoms with E-state index in [1.807, 2.05) is 19.2 Å². The summed E-state index contributed by atoms with van der Waals surface area (Å²) in [5.74, 6) is 0.684. The molecule has 2 N–H and O–H groups in total. The van der Waals surface area contributed by atoms with Crippen LogP contribution in [0.4, 0.5) is 5.69 Å². The predicted octanol–water partition coefficient (Wildman–Crippen LogP) is 2.68. The van der Waals surface area contributed by atoms with Crippen LogP contribution in [0.1, 0.15) is 5.69 Å². The zero-order valence-electron chi connectivity index (χ0n) is 7.91. The van der Waals surface area contributed by atoms with Crippen molar-refractivity contribution in [3.05, 3.63) is 33.1 Å². The summed E-state index contributed by atoms with van der Waals surface area (Å²) in [4.78, 5) is 4.25. The number of rotatable bonds is 1. The number of anilines is 1. The van der Waals surface area contributed by atoms with E-state index in [0.717, 1.165) is 14.6 Å². The number of aromatic nitrogens is 3.